The minimum absolute atomic E-state index is 0.0234. The lowest BCUT2D eigenvalue weighted by Gasteiger charge is -2.00. The molecule has 5 heteroatoms. The summed E-state index contributed by atoms with van der Waals surface area (Å²) in [4.78, 5) is 24.4. The standard InChI is InChI=1S/C12H6N2O3/c15-7-1-2-9-3-4-12(14(16)17)11-8-13-6-5-10(9)11/h3-8H. The Hall–Kier alpha value is -2.74. The van der Waals surface area contributed by atoms with E-state index in [0.717, 1.165) is 0 Å². The van der Waals surface area contributed by atoms with Crippen LogP contribution in [0.5, 0.6) is 0 Å². The Bertz CT molecular complexity index is 668. The normalized spacial score (nSPS) is 9.41. The Morgan fingerprint density at radius 2 is 2.12 bits per heavy atom. The fraction of sp³-hybridized carbons (Fsp3) is 0. The van der Waals surface area contributed by atoms with Gasteiger partial charge in [-0.2, -0.15) is 0 Å². The quantitative estimate of drug-likeness (QED) is 0.321. The second-order valence-corrected chi connectivity index (χ2v) is 3.20. The maximum absolute atomic E-state index is 10.8. The van der Waals surface area contributed by atoms with Crippen LogP contribution < -0.4 is 0 Å². The predicted molar refractivity (Wildman–Crippen MR) is 61.3 cm³/mol. The van der Waals surface area contributed by atoms with Gasteiger partial charge in [0.05, 0.1) is 10.3 Å². The third-order valence-electron chi connectivity index (χ3n) is 2.26. The van der Waals surface area contributed by atoms with Crippen molar-refractivity contribution in [1.82, 2.24) is 4.98 Å². The van der Waals surface area contributed by atoms with E-state index < -0.39 is 4.92 Å². The van der Waals surface area contributed by atoms with Crippen molar-refractivity contribution in [2.75, 3.05) is 0 Å². The monoisotopic (exact) mass is 226 g/mol. The van der Waals surface area contributed by atoms with Gasteiger partial charge in [-0.1, -0.05) is 5.92 Å². The summed E-state index contributed by atoms with van der Waals surface area (Å²) in [6.45, 7) is 0. The molecular formula is C12H6N2O3. The van der Waals surface area contributed by atoms with E-state index in [4.69, 9.17) is 0 Å². The molecule has 0 saturated heterocycles. The molecule has 0 aliphatic rings. The van der Waals surface area contributed by atoms with Crippen molar-refractivity contribution in [3.8, 4) is 11.8 Å². The summed E-state index contributed by atoms with van der Waals surface area (Å²) in [6, 6.07) is 4.52. The number of rotatable bonds is 1. The van der Waals surface area contributed by atoms with E-state index in [9.17, 15) is 14.9 Å². The number of carbonyl (C=O) groups excluding carboxylic acids is 1. The van der Waals surface area contributed by atoms with Crippen LogP contribution in [0, 0.1) is 22.0 Å². The maximum atomic E-state index is 10.8. The van der Waals surface area contributed by atoms with Crippen molar-refractivity contribution in [2.24, 2.45) is 0 Å². The summed E-state index contributed by atoms with van der Waals surface area (Å²) in [5.41, 5.74) is 0.546. The Labute approximate surface area is 96.2 Å². The van der Waals surface area contributed by atoms with Gasteiger partial charge in [-0.25, -0.2) is 0 Å². The molecule has 2 rings (SSSR count). The minimum atomic E-state index is -0.471. The summed E-state index contributed by atoms with van der Waals surface area (Å²) in [5, 5.41) is 11.9. The number of nitro groups is 1. The average molecular weight is 226 g/mol. The lowest BCUT2D eigenvalue weighted by molar-refractivity contribution is -0.383. The number of pyridine rings is 1. The van der Waals surface area contributed by atoms with Crippen molar-refractivity contribution in [3.05, 3.63) is 46.3 Å². The molecule has 1 heterocycles. The molecule has 0 aliphatic heterocycles. The number of aldehydes is 1. The molecule has 0 aliphatic carbocycles. The smallest absolute Gasteiger partial charge is 0.278 e. The van der Waals surface area contributed by atoms with Crippen LogP contribution in [-0.2, 0) is 4.79 Å². The van der Waals surface area contributed by atoms with Gasteiger partial charge in [0.1, 0.15) is 0 Å². The summed E-state index contributed by atoms with van der Waals surface area (Å²) in [5.74, 6) is 4.92. The number of aromatic nitrogens is 1. The Balaban J connectivity index is 2.79. The van der Waals surface area contributed by atoms with Crippen molar-refractivity contribution in [1.29, 1.82) is 0 Å². The molecule has 0 atom stereocenters. The molecule has 82 valence electrons. The zero-order chi connectivity index (χ0) is 12.3. The van der Waals surface area contributed by atoms with Crippen LogP contribution in [0.3, 0.4) is 0 Å². The second kappa shape index (κ2) is 4.41. The Kier molecular flexibility index (Phi) is 2.79. The average Bonchev–Trinajstić information content (AvgIpc) is 2.35. The molecule has 0 N–H and O–H groups in total. The molecule has 17 heavy (non-hydrogen) atoms. The van der Waals surface area contributed by atoms with Crippen molar-refractivity contribution < 1.29 is 9.72 Å². The highest BCUT2D eigenvalue weighted by atomic mass is 16.6. The number of nitrogens with zero attached hydrogens (tertiary/aromatic N) is 2. The SMILES string of the molecule is O=CC#Cc1ccc([N+](=O)[O-])c2cnccc12. The number of carbonyl (C=O) groups is 1. The second-order valence-electron chi connectivity index (χ2n) is 3.20. The largest absolute Gasteiger partial charge is 0.289 e. The van der Waals surface area contributed by atoms with Crippen molar-refractivity contribution in [3.63, 3.8) is 0 Å². The van der Waals surface area contributed by atoms with E-state index in [1.807, 2.05) is 0 Å². The number of benzene rings is 1. The predicted octanol–water partition coefficient (Wildman–Crippen LogP) is 1.69. The van der Waals surface area contributed by atoms with Gasteiger partial charge in [0.15, 0.2) is 6.29 Å². The number of non-ortho nitro benzene ring substituents is 1. The van der Waals surface area contributed by atoms with E-state index in [1.165, 1.54) is 24.5 Å². The first-order valence-electron chi connectivity index (χ1n) is 4.70. The molecule has 0 saturated carbocycles. The van der Waals surface area contributed by atoms with E-state index in [1.54, 1.807) is 6.07 Å². The van der Waals surface area contributed by atoms with E-state index in [0.29, 0.717) is 22.6 Å². The number of hydrogen-bond acceptors (Lipinski definition) is 4. The molecule has 0 radical (unpaired) electrons. The number of fused-ring (bicyclic) bond motifs is 1. The first-order valence-corrected chi connectivity index (χ1v) is 4.70. The Morgan fingerprint density at radius 3 is 2.82 bits per heavy atom. The zero-order valence-corrected chi connectivity index (χ0v) is 8.58. The van der Waals surface area contributed by atoms with E-state index in [-0.39, 0.29) is 5.69 Å². The van der Waals surface area contributed by atoms with Gasteiger partial charge < -0.3 is 0 Å². The third kappa shape index (κ3) is 1.96. The molecule has 0 fully saturated rings. The Morgan fingerprint density at radius 1 is 1.29 bits per heavy atom. The van der Waals surface area contributed by atoms with Gasteiger partial charge in [0, 0.05) is 29.4 Å². The van der Waals surface area contributed by atoms with Gasteiger partial charge in [0.2, 0.25) is 0 Å². The van der Waals surface area contributed by atoms with Crippen molar-refractivity contribution >= 4 is 22.7 Å². The highest BCUT2D eigenvalue weighted by Gasteiger charge is 2.13. The van der Waals surface area contributed by atoms with Gasteiger partial charge in [-0.15, -0.1) is 0 Å². The molecule has 1 aromatic carbocycles. The lowest BCUT2D eigenvalue weighted by Crippen LogP contribution is -1.91. The lowest BCUT2D eigenvalue weighted by atomic mass is 10.1. The van der Waals surface area contributed by atoms with Crippen LogP contribution in [0.15, 0.2) is 30.6 Å². The van der Waals surface area contributed by atoms with Gasteiger partial charge >= 0.3 is 0 Å². The summed E-state index contributed by atoms with van der Waals surface area (Å²) >= 11 is 0. The van der Waals surface area contributed by atoms with Crippen LogP contribution in [0.4, 0.5) is 5.69 Å². The third-order valence-corrected chi connectivity index (χ3v) is 2.26. The van der Waals surface area contributed by atoms with Crippen molar-refractivity contribution in [2.45, 2.75) is 0 Å². The topological polar surface area (TPSA) is 73.1 Å². The fourth-order valence-electron chi connectivity index (χ4n) is 1.55. The van der Waals surface area contributed by atoms with Gasteiger partial charge in [0.25, 0.3) is 5.69 Å². The van der Waals surface area contributed by atoms with Crippen LogP contribution in [-0.4, -0.2) is 16.2 Å². The molecule has 0 bridgehead atoms. The molecule has 5 nitrogen and oxygen atoms in total. The maximum Gasteiger partial charge on any atom is 0.278 e. The minimum Gasteiger partial charge on any atom is -0.289 e. The fourth-order valence-corrected chi connectivity index (χ4v) is 1.55. The summed E-state index contributed by atoms with van der Waals surface area (Å²) < 4.78 is 0. The number of nitro benzene ring substituents is 1. The van der Waals surface area contributed by atoms with Crippen LogP contribution in [0.1, 0.15) is 5.56 Å². The van der Waals surface area contributed by atoms with E-state index in [2.05, 4.69) is 16.8 Å². The van der Waals surface area contributed by atoms with Gasteiger partial charge in [-0.3, -0.25) is 19.9 Å². The molecule has 1 aromatic heterocycles. The first kappa shape index (κ1) is 10.8. The molecule has 0 amide bonds. The highest BCUT2D eigenvalue weighted by molar-refractivity contribution is 5.95. The zero-order valence-electron chi connectivity index (χ0n) is 8.58. The molecule has 0 unspecified atom stereocenters. The summed E-state index contributed by atoms with van der Waals surface area (Å²) in [6.07, 6.45) is 3.42. The molecule has 0 spiro atoms. The van der Waals surface area contributed by atoms with Crippen LogP contribution >= 0.6 is 0 Å². The van der Waals surface area contributed by atoms with Crippen LogP contribution in [0.2, 0.25) is 0 Å². The molecular weight excluding hydrogens is 220 g/mol. The number of hydrogen-bond donors (Lipinski definition) is 0. The van der Waals surface area contributed by atoms with E-state index >= 15 is 0 Å². The summed E-state index contributed by atoms with van der Waals surface area (Å²) in [7, 11) is 0. The van der Waals surface area contributed by atoms with Gasteiger partial charge in [-0.05, 0) is 18.1 Å². The first-order chi connectivity index (χ1) is 8.24. The highest BCUT2D eigenvalue weighted by Crippen LogP contribution is 2.26. The molecule has 2 aromatic rings. The van der Waals surface area contributed by atoms with Crippen LogP contribution in [0.25, 0.3) is 10.8 Å².